The van der Waals surface area contributed by atoms with Crippen molar-refractivity contribution in [2.24, 2.45) is 0 Å². The van der Waals surface area contributed by atoms with Crippen LogP contribution in [0.5, 0.6) is 0 Å². The van der Waals surface area contributed by atoms with Gasteiger partial charge in [0.05, 0.1) is 0 Å². The van der Waals surface area contributed by atoms with E-state index in [9.17, 15) is 0 Å². The first kappa shape index (κ1) is 16.5. The molecule has 0 aliphatic rings. The molecule has 3 heteroatoms. The Morgan fingerprint density at radius 1 is 0.500 bits per heavy atom. The van der Waals surface area contributed by atoms with Gasteiger partial charge in [-0.3, -0.25) is 0 Å². The summed E-state index contributed by atoms with van der Waals surface area (Å²) < 4.78 is 5.14. The average molecular weight is 571 g/mol. The van der Waals surface area contributed by atoms with E-state index in [0.717, 1.165) is 0 Å². The molecule has 0 aliphatic heterocycles. The summed E-state index contributed by atoms with van der Waals surface area (Å²) in [5.74, 6) is 0. The fourth-order valence-electron chi connectivity index (χ4n) is 2.98. The summed E-state index contributed by atoms with van der Waals surface area (Å²) >= 11 is 2.59. The molecular formula is C19H16GeI2. The molecule has 3 aromatic rings. The molecule has 0 radical (unpaired) electrons. The molecule has 3 aromatic carbocycles. The van der Waals surface area contributed by atoms with E-state index in [4.69, 9.17) is 0 Å². The van der Waals surface area contributed by atoms with Gasteiger partial charge in [0, 0.05) is 0 Å². The van der Waals surface area contributed by atoms with Crippen molar-refractivity contribution < 1.29 is 0 Å². The Bertz CT molecular complexity index is 616. The van der Waals surface area contributed by atoms with Crippen molar-refractivity contribution in [3.63, 3.8) is 0 Å². The third-order valence-electron chi connectivity index (χ3n) is 4.01. The minimum absolute atomic E-state index is 0.572. The van der Waals surface area contributed by atoms with Gasteiger partial charge in [0.15, 0.2) is 0 Å². The second-order valence-corrected chi connectivity index (χ2v) is 23.2. The standard InChI is InChI=1S/C19H16GeI2/c21-19(22)20(16-10-4-1-5-11-16,17-12-6-2-7-13-17)18-14-8-3-9-15-18/h1-15,19H. The third-order valence-corrected chi connectivity index (χ3v) is 22.9. The summed E-state index contributed by atoms with van der Waals surface area (Å²) in [6, 6.07) is 33.3. The van der Waals surface area contributed by atoms with E-state index < -0.39 is 13.3 Å². The Labute approximate surface area is 162 Å². The number of rotatable bonds is 4. The van der Waals surface area contributed by atoms with E-state index in [0.29, 0.717) is 0.764 Å². The minimum atomic E-state index is -2.69. The number of alkyl halides is 2. The number of hydrogen-bond donors (Lipinski definition) is 0. The summed E-state index contributed by atoms with van der Waals surface area (Å²) in [7, 11) is 0. The van der Waals surface area contributed by atoms with Gasteiger partial charge in [-0.2, -0.15) is 0 Å². The Morgan fingerprint density at radius 2 is 0.773 bits per heavy atom. The molecule has 0 atom stereocenters. The van der Waals surface area contributed by atoms with Crippen LogP contribution in [0.15, 0.2) is 91.0 Å². The molecule has 0 fully saturated rings. The zero-order valence-electron chi connectivity index (χ0n) is 12.0. The second-order valence-electron chi connectivity index (χ2n) is 5.21. The van der Waals surface area contributed by atoms with Crippen molar-refractivity contribution in [2.45, 2.75) is 0.764 Å². The molecule has 0 aromatic heterocycles. The van der Waals surface area contributed by atoms with Crippen molar-refractivity contribution in [2.75, 3.05) is 0 Å². The third kappa shape index (κ3) is 3.01. The van der Waals surface area contributed by atoms with Crippen molar-refractivity contribution in [3.05, 3.63) is 91.0 Å². The summed E-state index contributed by atoms with van der Waals surface area (Å²) in [6.07, 6.45) is 0. The topological polar surface area (TPSA) is 0 Å². The molecule has 0 saturated heterocycles. The molecular weight excluding hydrogens is 555 g/mol. The van der Waals surface area contributed by atoms with Crippen LogP contribution in [0.1, 0.15) is 0 Å². The first-order valence-electron chi connectivity index (χ1n) is 7.21. The van der Waals surface area contributed by atoms with Crippen molar-refractivity contribution in [1.29, 1.82) is 0 Å². The maximum absolute atomic E-state index is 2.69. The quantitative estimate of drug-likeness (QED) is 0.254. The predicted octanol–water partition coefficient (Wildman–Crippen LogP) is 3.89. The van der Waals surface area contributed by atoms with E-state index >= 15 is 0 Å². The SMILES string of the molecule is I[CH](I)[Ge]([c]1ccccc1)([c]1ccccc1)[c]1ccccc1. The van der Waals surface area contributed by atoms with Crippen LogP contribution < -0.4 is 13.2 Å². The molecule has 0 amide bonds. The van der Waals surface area contributed by atoms with Gasteiger partial charge in [0.1, 0.15) is 0 Å². The van der Waals surface area contributed by atoms with Crippen LogP contribution in [0.3, 0.4) is 0 Å². The Hall–Kier alpha value is -0.337. The van der Waals surface area contributed by atoms with E-state index in [-0.39, 0.29) is 0 Å². The van der Waals surface area contributed by atoms with Gasteiger partial charge in [-0.15, -0.1) is 0 Å². The summed E-state index contributed by atoms with van der Waals surface area (Å²) in [6.45, 7) is 0. The van der Waals surface area contributed by atoms with Gasteiger partial charge in [-0.05, 0) is 0 Å². The van der Waals surface area contributed by atoms with Gasteiger partial charge >= 0.3 is 163 Å². The molecule has 0 bridgehead atoms. The zero-order chi connectivity index (χ0) is 15.4. The molecule has 22 heavy (non-hydrogen) atoms. The average Bonchev–Trinajstić information content (AvgIpc) is 2.58. The Balaban J connectivity index is 2.34. The molecule has 0 nitrogen and oxygen atoms in total. The van der Waals surface area contributed by atoms with Crippen molar-refractivity contribution in [3.8, 4) is 0 Å². The van der Waals surface area contributed by atoms with Crippen molar-refractivity contribution >= 4 is 71.6 Å². The molecule has 0 unspecified atom stereocenters. The summed E-state index contributed by atoms with van der Waals surface area (Å²) in [5, 5.41) is 0. The number of halogens is 2. The molecule has 0 N–H and O–H groups in total. The van der Waals surface area contributed by atoms with Crippen molar-refractivity contribution in [1.82, 2.24) is 0 Å². The Morgan fingerprint density at radius 3 is 1.00 bits per heavy atom. The fraction of sp³-hybridized carbons (Fsp3) is 0.0526. The van der Waals surface area contributed by atoms with E-state index in [1.54, 1.807) is 0 Å². The van der Waals surface area contributed by atoms with E-state index in [2.05, 4.69) is 136 Å². The normalized spacial score (nSPS) is 11.6. The molecule has 0 aliphatic carbocycles. The van der Waals surface area contributed by atoms with Crippen LogP contribution >= 0.6 is 45.2 Å². The molecule has 0 saturated carbocycles. The number of hydrogen-bond acceptors (Lipinski definition) is 0. The summed E-state index contributed by atoms with van der Waals surface area (Å²) in [4.78, 5) is 0. The molecule has 0 heterocycles. The van der Waals surface area contributed by atoms with Crippen LogP contribution in [-0.4, -0.2) is 14.0 Å². The molecule has 0 spiro atoms. The predicted molar refractivity (Wildman–Crippen MR) is 116 cm³/mol. The molecule has 3 rings (SSSR count). The zero-order valence-corrected chi connectivity index (χ0v) is 18.4. The van der Waals surface area contributed by atoms with Gasteiger partial charge in [-0.25, -0.2) is 0 Å². The van der Waals surface area contributed by atoms with E-state index in [1.165, 1.54) is 13.2 Å². The van der Waals surface area contributed by atoms with Gasteiger partial charge in [0.2, 0.25) is 0 Å². The summed E-state index contributed by atoms with van der Waals surface area (Å²) in [5.41, 5.74) is 0. The van der Waals surface area contributed by atoms with Crippen LogP contribution in [-0.2, 0) is 0 Å². The first-order chi connectivity index (χ1) is 10.8. The first-order valence-corrected chi connectivity index (χ1v) is 14.1. The van der Waals surface area contributed by atoms with Gasteiger partial charge < -0.3 is 0 Å². The van der Waals surface area contributed by atoms with Crippen LogP contribution in [0.2, 0.25) is 0 Å². The van der Waals surface area contributed by atoms with Crippen LogP contribution in [0.4, 0.5) is 0 Å². The maximum atomic E-state index is 2.64. The van der Waals surface area contributed by atoms with E-state index in [1.807, 2.05) is 0 Å². The van der Waals surface area contributed by atoms with Gasteiger partial charge in [0.25, 0.3) is 0 Å². The molecule has 110 valence electrons. The van der Waals surface area contributed by atoms with Crippen LogP contribution in [0.25, 0.3) is 0 Å². The van der Waals surface area contributed by atoms with Gasteiger partial charge in [-0.1, -0.05) is 0 Å². The number of benzene rings is 3. The fourth-order valence-corrected chi connectivity index (χ4v) is 22.4. The second kappa shape index (κ2) is 7.49. The Kier molecular flexibility index (Phi) is 5.62. The van der Waals surface area contributed by atoms with Crippen LogP contribution in [0, 0.1) is 0 Å². The monoisotopic (exact) mass is 572 g/mol.